The highest BCUT2D eigenvalue weighted by molar-refractivity contribution is 5.86. The summed E-state index contributed by atoms with van der Waals surface area (Å²) in [4.78, 5) is 40.2. The SMILES string of the molecule is CC1(C)CC[C@@]23CC[C@]4(C=O)[C@@](OC2=O)(C3C1)[C@@H](O)CC1[C@@]2(C)CCC(=O)C(C)(C)C2CC[C@]14C. The van der Waals surface area contributed by atoms with E-state index < -0.39 is 27.9 Å². The third-order valence-electron chi connectivity index (χ3n) is 13.5. The fraction of sp³-hybridized carbons (Fsp3) is 0.900. The minimum absolute atomic E-state index is 0.0516. The second-order valence-corrected chi connectivity index (χ2v) is 15.3. The number of fused-ring (bicyclic) bond motifs is 4. The summed E-state index contributed by atoms with van der Waals surface area (Å²) in [5, 5.41) is 12.1. The lowest BCUT2D eigenvalue weighted by atomic mass is 9.30. The summed E-state index contributed by atoms with van der Waals surface area (Å²) < 4.78 is 6.48. The van der Waals surface area contributed by atoms with Crippen LogP contribution in [0.5, 0.6) is 0 Å². The Bertz CT molecular complexity index is 1010. The van der Waals surface area contributed by atoms with Gasteiger partial charge in [-0.2, -0.15) is 0 Å². The molecule has 2 bridgehead atoms. The molecular weight excluding hydrogens is 440 g/mol. The van der Waals surface area contributed by atoms with Crippen molar-refractivity contribution in [3.05, 3.63) is 0 Å². The fourth-order valence-corrected chi connectivity index (χ4v) is 11.6. The predicted molar refractivity (Wildman–Crippen MR) is 131 cm³/mol. The van der Waals surface area contributed by atoms with Crippen LogP contribution >= 0.6 is 0 Å². The summed E-state index contributed by atoms with van der Waals surface area (Å²) in [6, 6.07) is 0. The summed E-state index contributed by atoms with van der Waals surface area (Å²) in [6.45, 7) is 13.3. The lowest BCUT2D eigenvalue weighted by Gasteiger charge is -2.73. The van der Waals surface area contributed by atoms with Gasteiger partial charge in [-0.25, -0.2) is 0 Å². The first-order valence-corrected chi connectivity index (χ1v) is 14.1. The standard InChI is InChI=1S/C30H44O5/c1-24(2)11-12-28-13-14-29(17-31)27(6)10-7-18-25(3,4)21(32)8-9-26(18,5)19(27)15-22(33)30(29,20(28)16-24)35-23(28)34/h17-20,22,33H,7-16H2,1-6H3/t18?,19?,20?,22-,26-,27+,28-,29+,30+/m0/s1. The maximum Gasteiger partial charge on any atom is 0.313 e. The number of ketones is 1. The number of rotatable bonds is 1. The molecule has 1 spiro atoms. The van der Waals surface area contributed by atoms with E-state index >= 15 is 0 Å². The van der Waals surface area contributed by atoms with Gasteiger partial charge in [-0.05, 0) is 85.9 Å². The van der Waals surface area contributed by atoms with Gasteiger partial charge in [0, 0.05) is 17.8 Å². The third-order valence-corrected chi connectivity index (χ3v) is 13.5. The normalized spacial score (nSPS) is 55.6. The van der Waals surface area contributed by atoms with Gasteiger partial charge in [-0.1, -0.05) is 41.5 Å². The minimum atomic E-state index is -1.13. The maximum atomic E-state index is 13.7. The first-order valence-electron chi connectivity index (χ1n) is 14.1. The number of aliphatic hydroxyl groups excluding tert-OH is 1. The molecule has 0 aromatic carbocycles. The van der Waals surface area contributed by atoms with E-state index in [1.165, 1.54) is 0 Å². The molecule has 1 aliphatic heterocycles. The highest BCUT2D eigenvalue weighted by Crippen LogP contribution is 2.80. The number of hydrogen-bond acceptors (Lipinski definition) is 5. The molecule has 5 aliphatic carbocycles. The van der Waals surface area contributed by atoms with Crippen LogP contribution in [0.25, 0.3) is 0 Å². The van der Waals surface area contributed by atoms with Crippen LogP contribution < -0.4 is 0 Å². The highest BCUT2D eigenvalue weighted by atomic mass is 16.6. The molecule has 5 nitrogen and oxygen atoms in total. The molecule has 194 valence electrons. The molecule has 6 rings (SSSR count). The van der Waals surface area contributed by atoms with Crippen molar-refractivity contribution in [2.24, 2.45) is 50.2 Å². The van der Waals surface area contributed by atoms with Crippen LogP contribution in [0.3, 0.4) is 0 Å². The van der Waals surface area contributed by atoms with Crippen molar-refractivity contribution < 1.29 is 24.2 Å². The van der Waals surface area contributed by atoms with Crippen molar-refractivity contribution in [3.8, 4) is 0 Å². The highest BCUT2D eigenvalue weighted by Gasteiger charge is 2.85. The quantitative estimate of drug-likeness (QED) is 0.405. The van der Waals surface area contributed by atoms with E-state index in [1.54, 1.807) is 0 Å². The monoisotopic (exact) mass is 484 g/mol. The summed E-state index contributed by atoms with van der Waals surface area (Å²) >= 11 is 0. The number of aldehydes is 1. The Labute approximate surface area is 210 Å². The average molecular weight is 485 g/mol. The maximum absolute atomic E-state index is 13.7. The zero-order valence-corrected chi connectivity index (χ0v) is 22.5. The molecule has 0 amide bonds. The molecule has 1 heterocycles. The van der Waals surface area contributed by atoms with Crippen molar-refractivity contribution >= 4 is 18.0 Å². The molecule has 5 heteroatoms. The summed E-state index contributed by atoms with van der Waals surface area (Å²) in [5.41, 5.74) is -3.42. The third kappa shape index (κ3) is 2.40. The second kappa shape index (κ2) is 6.60. The van der Waals surface area contributed by atoms with Crippen LogP contribution in [0.4, 0.5) is 0 Å². The van der Waals surface area contributed by atoms with Gasteiger partial charge in [0.05, 0.1) is 16.9 Å². The van der Waals surface area contributed by atoms with Crippen molar-refractivity contribution in [1.29, 1.82) is 0 Å². The first-order chi connectivity index (χ1) is 16.2. The van der Waals surface area contributed by atoms with Crippen LogP contribution in [-0.2, 0) is 19.1 Å². The Morgan fingerprint density at radius 1 is 0.886 bits per heavy atom. The van der Waals surface area contributed by atoms with Gasteiger partial charge in [-0.3, -0.25) is 9.59 Å². The van der Waals surface area contributed by atoms with Crippen LogP contribution in [0, 0.1) is 50.2 Å². The van der Waals surface area contributed by atoms with Gasteiger partial charge in [0.1, 0.15) is 12.1 Å². The van der Waals surface area contributed by atoms with E-state index in [1.807, 2.05) is 0 Å². The number of carbonyl (C=O) groups excluding carboxylic acids is 3. The van der Waals surface area contributed by atoms with E-state index in [0.29, 0.717) is 31.5 Å². The minimum Gasteiger partial charge on any atom is -0.454 e. The molecule has 1 N–H and O–H groups in total. The summed E-state index contributed by atoms with van der Waals surface area (Å²) in [5.74, 6) is 0.412. The molecule has 3 unspecified atom stereocenters. The topological polar surface area (TPSA) is 80.7 Å². The Balaban J connectivity index is 1.53. The van der Waals surface area contributed by atoms with E-state index in [0.717, 1.165) is 44.8 Å². The zero-order chi connectivity index (χ0) is 25.4. The van der Waals surface area contributed by atoms with Crippen molar-refractivity contribution in [3.63, 3.8) is 0 Å². The molecule has 35 heavy (non-hydrogen) atoms. The number of carbonyl (C=O) groups is 3. The number of aliphatic hydroxyl groups is 1. The van der Waals surface area contributed by atoms with E-state index in [9.17, 15) is 19.5 Å². The largest absolute Gasteiger partial charge is 0.454 e. The number of Topliss-reactive ketones (excluding diaryl/α,β-unsaturated/α-hetero) is 1. The van der Waals surface area contributed by atoms with Gasteiger partial charge < -0.3 is 14.6 Å². The molecule has 9 atom stereocenters. The smallest absolute Gasteiger partial charge is 0.313 e. The zero-order valence-electron chi connectivity index (χ0n) is 22.5. The second-order valence-electron chi connectivity index (χ2n) is 15.3. The van der Waals surface area contributed by atoms with Crippen LogP contribution in [0.2, 0.25) is 0 Å². The summed E-state index contributed by atoms with van der Waals surface area (Å²) in [6.07, 6.45) is 7.83. The van der Waals surface area contributed by atoms with Crippen molar-refractivity contribution in [2.75, 3.05) is 0 Å². The molecule has 0 radical (unpaired) electrons. The van der Waals surface area contributed by atoms with E-state index in [-0.39, 0.29) is 40.0 Å². The lowest BCUT2D eigenvalue weighted by molar-refractivity contribution is -0.301. The Kier molecular flexibility index (Phi) is 4.55. The average Bonchev–Trinajstić information content (AvgIpc) is 2.95. The number of esters is 1. The van der Waals surface area contributed by atoms with Gasteiger partial charge in [0.2, 0.25) is 0 Å². The fourth-order valence-electron chi connectivity index (χ4n) is 11.6. The van der Waals surface area contributed by atoms with Gasteiger partial charge in [0.25, 0.3) is 0 Å². The molecular formula is C30H44O5. The Hall–Kier alpha value is -1.23. The lowest BCUT2D eigenvalue weighted by Crippen LogP contribution is -2.77. The van der Waals surface area contributed by atoms with E-state index in [4.69, 9.17) is 4.74 Å². The van der Waals surface area contributed by atoms with Gasteiger partial charge in [-0.15, -0.1) is 0 Å². The molecule has 6 aliphatic rings. The molecule has 0 aromatic heterocycles. The Morgan fingerprint density at radius 2 is 1.57 bits per heavy atom. The van der Waals surface area contributed by atoms with Crippen LogP contribution in [0.15, 0.2) is 0 Å². The van der Waals surface area contributed by atoms with Crippen LogP contribution in [-0.4, -0.2) is 34.9 Å². The van der Waals surface area contributed by atoms with Crippen molar-refractivity contribution in [2.45, 2.75) is 117 Å². The van der Waals surface area contributed by atoms with Gasteiger partial charge in [0.15, 0.2) is 5.60 Å². The first kappa shape index (κ1) is 24.1. The molecule has 5 saturated carbocycles. The van der Waals surface area contributed by atoms with Gasteiger partial charge >= 0.3 is 5.97 Å². The summed E-state index contributed by atoms with van der Waals surface area (Å²) in [7, 11) is 0. The van der Waals surface area contributed by atoms with Crippen molar-refractivity contribution in [1.82, 2.24) is 0 Å². The molecule has 6 fully saturated rings. The van der Waals surface area contributed by atoms with E-state index in [2.05, 4.69) is 41.5 Å². The van der Waals surface area contributed by atoms with Crippen LogP contribution in [0.1, 0.15) is 106 Å². The number of hydrogen-bond donors (Lipinski definition) is 1. The molecule has 0 aromatic rings. The number of ether oxygens (including phenoxy) is 1. The predicted octanol–water partition coefficient (Wildman–Crippen LogP) is 5.27. The Morgan fingerprint density at radius 3 is 2.26 bits per heavy atom. The molecule has 1 saturated heterocycles.